The van der Waals surface area contributed by atoms with Gasteiger partial charge in [0, 0.05) is 36.7 Å². The Labute approximate surface area is 148 Å². The van der Waals surface area contributed by atoms with Gasteiger partial charge in [-0.25, -0.2) is 9.67 Å². The van der Waals surface area contributed by atoms with E-state index in [2.05, 4.69) is 20.7 Å². The zero-order valence-electron chi connectivity index (χ0n) is 13.6. The second-order valence-electron chi connectivity index (χ2n) is 5.87. The molecule has 1 saturated carbocycles. The first-order chi connectivity index (χ1) is 12.1. The third-order valence-electron chi connectivity index (χ3n) is 3.73. The van der Waals surface area contributed by atoms with Crippen molar-refractivity contribution >= 4 is 28.3 Å². The van der Waals surface area contributed by atoms with Gasteiger partial charge in [0.1, 0.15) is 0 Å². The molecule has 0 aliphatic heterocycles. The second kappa shape index (κ2) is 8.02. The number of aromatic nitrogens is 3. The summed E-state index contributed by atoms with van der Waals surface area (Å²) in [6.45, 7) is 0.908. The normalized spacial score (nSPS) is 13.4. The fraction of sp³-hybridized carbons (Fsp3) is 0.438. The zero-order valence-corrected chi connectivity index (χ0v) is 14.4. The van der Waals surface area contributed by atoms with Gasteiger partial charge < -0.3 is 10.6 Å². The summed E-state index contributed by atoms with van der Waals surface area (Å²) in [5, 5.41) is 11.8. The molecule has 25 heavy (non-hydrogen) atoms. The van der Waals surface area contributed by atoms with Gasteiger partial charge in [-0.15, -0.1) is 11.3 Å². The average Bonchev–Trinajstić information content (AvgIpc) is 3.36. The van der Waals surface area contributed by atoms with Crippen LogP contribution in [0.4, 0.5) is 5.13 Å². The van der Waals surface area contributed by atoms with E-state index in [1.54, 1.807) is 17.6 Å². The molecule has 1 fully saturated rings. The first-order valence-corrected chi connectivity index (χ1v) is 9.04. The molecule has 8 nitrogen and oxygen atoms in total. The number of nitrogens with zero attached hydrogens (tertiary/aromatic N) is 3. The number of hydrogen-bond acceptors (Lipinski definition) is 6. The number of carbonyl (C=O) groups excluding carboxylic acids is 2. The van der Waals surface area contributed by atoms with Crippen LogP contribution in [0.5, 0.6) is 0 Å². The molecule has 1 aliphatic rings. The van der Waals surface area contributed by atoms with Gasteiger partial charge in [0.25, 0.3) is 5.56 Å². The third-order valence-corrected chi connectivity index (χ3v) is 4.53. The Balaban J connectivity index is 1.37. The fourth-order valence-electron chi connectivity index (χ4n) is 2.24. The quantitative estimate of drug-likeness (QED) is 0.677. The van der Waals surface area contributed by atoms with Crippen LogP contribution in [0.2, 0.25) is 0 Å². The van der Waals surface area contributed by atoms with E-state index >= 15 is 0 Å². The molecule has 0 aromatic carbocycles. The van der Waals surface area contributed by atoms with Gasteiger partial charge in [0.2, 0.25) is 11.8 Å². The van der Waals surface area contributed by atoms with Crippen LogP contribution >= 0.6 is 11.3 Å². The molecule has 0 bridgehead atoms. The van der Waals surface area contributed by atoms with E-state index in [0.717, 1.165) is 12.8 Å². The van der Waals surface area contributed by atoms with Gasteiger partial charge in [0.05, 0.1) is 12.1 Å². The molecule has 0 unspecified atom stereocenters. The Kier molecular flexibility index (Phi) is 5.54. The summed E-state index contributed by atoms with van der Waals surface area (Å²) in [6, 6.07) is 3.04. The minimum atomic E-state index is -0.155. The van der Waals surface area contributed by atoms with Crippen LogP contribution in [0.25, 0.3) is 0 Å². The summed E-state index contributed by atoms with van der Waals surface area (Å²) >= 11 is 1.32. The largest absolute Gasteiger partial charge is 0.356 e. The predicted molar refractivity (Wildman–Crippen MR) is 93.3 cm³/mol. The van der Waals surface area contributed by atoms with Gasteiger partial charge in [-0.2, -0.15) is 5.10 Å². The number of amides is 2. The maximum absolute atomic E-state index is 11.9. The number of anilines is 1. The lowest BCUT2D eigenvalue weighted by Crippen LogP contribution is -2.28. The summed E-state index contributed by atoms with van der Waals surface area (Å²) < 4.78 is 1.36. The highest BCUT2D eigenvalue weighted by molar-refractivity contribution is 7.13. The van der Waals surface area contributed by atoms with E-state index in [-0.39, 0.29) is 29.7 Å². The van der Waals surface area contributed by atoms with Crippen molar-refractivity contribution < 1.29 is 9.59 Å². The van der Waals surface area contributed by atoms with Gasteiger partial charge in [-0.05, 0) is 25.3 Å². The smallest absolute Gasteiger partial charge is 0.266 e. The zero-order chi connectivity index (χ0) is 17.6. The molecule has 0 atom stereocenters. The van der Waals surface area contributed by atoms with E-state index in [1.807, 2.05) is 0 Å². The molecule has 2 amide bonds. The number of carbonyl (C=O) groups is 2. The summed E-state index contributed by atoms with van der Waals surface area (Å²) in [4.78, 5) is 39.3. The summed E-state index contributed by atoms with van der Waals surface area (Å²) in [5.41, 5.74) is 0.478. The molecule has 2 aromatic rings. The Morgan fingerprint density at radius 2 is 2.20 bits per heavy atom. The molecule has 2 N–H and O–H groups in total. The van der Waals surface area contributed by atoms with Crippen LogP contribution in [0.15, 0.2) is 28.5 Å². The first-order valence-electron chi connectivity index (χ1n) is 8.16. The molecule has 0 radical (unpaired) electrons. The minimum Gasteiger partial charge on any atom is -0.356 e. The highest BCUT2D eigenvalue weighted by Crippen LogP contribution is 2.30. The molecular formula is C16H19N5O3S. The van der Waals surface area contributed by atoms with E-state index in [9.17, 15) is 14.4 Å². The highest BCUT2D eigenvalue weighted by atomic mass is 32.1. The monoisotopic (exact) mass is 361 g/mol. The van der Waals surface area contributed by atoms with Crippen LogP contribution in [-0.4, -0.2) is 33.1 Å². The summed E-state index contributed by atoms with van der Waals surface area (Å²) in [6.07, 6.45) is 4.22. The van der Waals surface area contributed by atoms with Crippen molar-refractivity contribution in [3.8, 4) is 0 Å². The van der Waals surface area contributed by atoms with Gasteiger partial charge in [0.15, 0.2) is 5.13 Å². The number of nitrogens with one attached hydrogen (secondary N) is 2. The Morgan fingerprint density at radius 3 is 2.96 bits per heavy atom. The predicted octanol–water partition coefficient (Wildman–Crippen LogP) is 0.797. The number of hydrogen-bond donors (Lipinski definition) is 2. The lowest BCUT2D eigenvalue weighted by atomic mass is 10.3. The van der Waals surface area contributed by atoms with Crippen LogP contribution < -0.4 is 16.2 Å². The molecule has 3 rings (SSSR count). The molecule has 9 heteroatoms. The number of thiazole rings is 1. The van der Waals surface area contributed by atoms with Crippen molar-refractivity contribution in [2.75, 3.05) is 11.9 Å². The first kappa shape index (κ1) is 17.3. The summed E-state index contributed by atoms with van der Waals surface area (Å²) in [5.74, 6) is -0.00360. The number of aryl methyl sites for hydroxylation is 1. The molecule has 2 aromatic heterocycles. The topological polar surface area (TPSA) is 106 Å². The van der Waals surface area contributed by atoms with Gasteiger partial charge in [-0.3, -0.25) is 14.4 Å². The molecule has 0 spiro atoms. The SMILES string of the molecule is O=C(Cc1csc(NC(=O)C2CC2)n1)NCCCn1ncccc1=O. The summed E-state index contributed by atoms with van der Waals surface area (Å²) in [7, 11) is 0. The van der Waals surface area contributed by atoms with Crippen LogP contribution in [-0.2, 0) is 22.6 Å². The lowest BCUT2D eigenvalue weighted by molar-refractivity contribution is -0.120. The molecule has 1 aliphatic carbocycles. The fourth-order valence-corrected chi connectivity index (χ4v) is 2.95. The van der Waals surface area contributed by atoms with Gasteiger partial charge in [-0.1, -0.05) is 0 Å². The Bertz CT molecular complexity index is 812. The van der Waals surface area contributed by atoms with Crippen molar-refractivity contribution in [3.05, 3.63) is 39.8 Å². The minimum absolute atomic E-state index is 0.00937. The van der Waals surface area contributed by atoms with E-state index in [1.165, 1.54) is 22.1 Å². The highest BCUT2D eigenvalue weighted by Gasteiger charge is 2.30. The van der Waals surface area contributed by atoms with Crippen molar-refractivity contribution in [2.45, 2.75) is 32.2 Å². The third kappa shape index (κ3) is 5.21. The van der Waals surface area contributed by atoms with Crippen molar-refractivity contribution in [2.24, 2.45) is 5.92 Å². The second-order valence-corrected chi connectivity index (χ2v) is 6.73. The Morgan fingerprint density at radius 1 is 1.36 bits per heavy atom. The van der Waals surface area contributed by atoms with Gasteiger partial charge >= 0.3 is 0 Å². The van der Waals surface area contributed by atoms with E-state index in [4.69, 9.17) is 0 Å². The molecular weight excluding hydrogens is 342 g/mol. The average molecular weight is 361 g/mol. The molecule has 0 saturated heterocycles. The van der Waals surface area contributed by atoms with Crippen molar-refractivity contribution in [1.82, 2.24) is 20.1 Å². The molecule has 132 valence electrons. The number of rotatable bonds is 8. The van der Waals surface area contributed by atoms with Crippen molar-refractivity contribution in [3.63, 3.8) is 0 Å². The lowest BCUT2D eigenvalue weighted by Gasteiger charge is -2.05. The molecule has 2 heterocycles. The maximum Gasteiger partial charge on any atom is 0.266 e. The van der Waals surface area contributed by atoms with Crippen LogP contribution in [0.3, 0.4) is 0 Å². The maximum atomic E-state index is 11.9. The van der Waals surface area contributed by atoms with E-state index < -0.39 is 0 Å². The van der Waals surface area contributed by atoms with E-state index in [0.29, 0.717) is 30.3 Å². The Hall–Kier alpha value is -2.55. The van der Waals surface area contributed by atoms with Crippen LogP contribution in [0.1, 0.15) is 25.0 Å². The standard InChI is InChI=1S/C16H19N5O3S/c22-13(17-6-2-8-21-14(23)3-1-7-18-21)9-12-10-25-16(19-12)20-15(24)11-4-5-11/h1,3,7,10-11H,2,4-6,8-9H2,(H,17,22)(H,19,20,24). The van der Waals surface area contributed by atoms with Crippen LogP contribution in [0, 0.1) is 5.92 Å². The van der Waals surface area contributed by atoms with Crippen molar-refractivity contribution in [1.29, 1.82) is 0 Å².